The number of nitrogens with one attached hydrogen (secondary N) is 1. The second-order valence-corrected chi connectivity index (χ2v) is 7.76. The predicted octanol–water partition coefficient (Wildman–Crippen LogP) is 4.49. The molecule has 4 heteroatoms. The van der Waals surface area contributed by atoms with Crippen molar-refractivity contribution in [3.8, 4) is 11.3 Å². The van der Waals surface area contributed by atoms with Crippen molar-refractivity contribution in [2.75, 3.05) is 5.32 Å². The molecule has 2 aliphatic rings. The Morgan fingerprint density at radius 2 is 2.05 bits per heavy atom. The molecule has 0 spiro atoms. The van der Waals surface area contributed by atoms with Gasteiger partial charge in [-0.2, -0.15) is 0 Å². The third-order valence-corrected chi connectivity index (χ3v) is 6.04. The van der Waals surface area contributed by atoms with E-state index in [0.717, 1.165) is 33.6 Å². The number of hydrogen-bond donors (Lipinski definition) is 1. The van der Waals surface area contributed by atoms with Crippen molar-refractivity contribution in [2.24, 2.45) is 17.8 Å². The van der Waals surface area contributed by atoms with E-state index in [1.54, 1.807) is 11.3 Å². The normalized spacial score (nSPS) is 26.3. The van der Waals surface area contributed by atoms with Gasteiger partial charge in [0, 0.05) is 16.4 Å². The molecule has 3 nitrogen and oxygen atoms in total. The van der Waals surface area contributed by atoms with Crippen LogP contribution < -0.4 is 5.32 Å². The fourth-order valence-corrected chi connectivity index (χ4v) is 4.92. The fraction of sp³-hybridized carbons (Fsp3) is 0.444. The molecule has 3 atom stereocenters. The molecular weight excluding hydrogens is 292 g/mol. The molecular formula is C18H20N2OS. The Labute approximate surface area is 134 Å². The van der Waals surface area contributed by atoms with Crippen LogP contribution in [0.25, 0.3) is 11.3 Å². The Bertz CT molecular complexity index is 694. The van der Waals surface area contributed by atoms with E-state index in [4.69, 9.17) is 0 Å². The molecule has 1 aromatic carbocycles. The summed E-state index contributed by atoms with van der Waals surface area (Å²) in [6, 6.07) is 10.2. The summed E-state index contributed by atoms with van der Waals surface area (Å²) in [6.07, 6.45) is 4.88. The first kappa shape index (κ1) is 13.9. The largest absolute Gasteiger partial charge is 0.302 e. The lowest BCUT2D eigenvalue weighted by Gasteiger charge is -2.19. The van der Waals surface area contributed by atoms with Crippen molar-refractivity contribution in [3.05, 3.63) is 35.2 Å². The minimum atomic E-state index is 0.181. The molecule has 22 heavy (non-hydrogen) atoms. The number of carbonyl (C=O) groups is 1. The average Bonchev–Trinajstić information content (AvgIpc) is 3.23. The molecule has 0 aliphatic heterocycles. The van der Waals surface area contributed by atoms with Crippen molar-refractivity contribution in [3.63, 3.8) is 0 Å². The summed E-state index contributed by atoms with van der Waals surface area (Å²) < 4.78 is 0. The number of aryl methyl sites for hydroxylation is 1. The number of benzene rings is 1. The first-order valence-electron chi connectivity index (χ1n) is 8.04. The first-order chi connectivity index (χ1) is 10.7. The Kier molecular flexibility index (Phi) is 3.49. The monoisotopic (exact) mass is 312 g/mol. The highest BCUT2D eigenvalue weighted by molar-refractivity contribution is 7.16. The zero-order valence-corrected chi connectivity index (χ0v) is 13.5. The summed E-state index contributed by atoms with van der Waals surface area (Å²) in [6.45, 7) is 2.06. The molecule has 1 amide bonds. The van der Waals surface area contributed by atoms with E-state index in [1.165, 1.54) is 19.3 Å². The summed E-state index contributed by atoms with van der Waals surface area (Å²) in [5, 5.41) is 3.81. The number of carbonyl (C=O) groups excluding carboxylic acids is 1. The van der Waals surface area contributed by atoms with Gasteiger partial charge in [-0.3, -0.25) is 4.79 Å². The number of hydrogen-bond acceptors (Lipinski definition) is 3. The van der Waals surface area contributed by atoms with Gasteiger partial charge in [0.05, 0.1) is 5.69 Å². The molecule has 0 radical (unpaired) electrons. The van der Waals surface area contributed by atoms with Crippen molar-refractivity contribution in [2.45, 2.75) is 32.6 Å². The van der Waals surface area contributed by atoms with Crippen LogP contribution >= 0.6 is 11.3 Å². The van der Waals surface area contributed by atoms with Gasteiger partial charge in [-0.25, -0.2) is 4.98 Å². The van der Waals surface area contributed by atoms with Crippen molar-refractivity contribution >= 4 is 22.4 Å². The Balaban J connectivity index is 1.51. The highest BCUT2D eigenvalue weighted by atomic mass is 32.1. The highest BCUT2D eigenvalue weighted by Crippen LogP contribution is 2.48. The van der Waals surface area contributed by atoms with Crippen molar-refractivity contribution in [1.29, 1.82) is 0 Å². The average molecular weight is 312 g/mol. The summed E-state index contributed by atoms with van der Waals surface area (Å²) in [5.74, 6) is 1.79. The molecule has 0 saturated heterocycles. The van der Waals surface area contributed by atoms with E-state index in [-0.39, 0.29) is 11.8 Å². The number of nitrogens with zero attached hydrogens (tertiary/aromatic N) is 1. The van der Waals surface area contributed by atoms with E-state index in [9.17, 15) is 4.79 Å². The van der Waals surface area contributed by atoms with Crippen LogP contribution in [0.3, 0.4) is 0 Å². The molecule has 114 valence electrons. The van der Waals surface area contributed by atoms with Gasteiger partial charge < -0.3 is 5.32 Å². The number of fused-ring (bicyclic) bond motifs is 2. The maximum Gasteiger partial charge on any atom is 0.229 e. The highest BCUT2D eigenvalue weighted by Gasteiger charge is 2.43. The minimum absolute atomic E-state index is 0.181. The standard InChI is InChI=1S/C18H20N2OS/c1-11-16(13-5-3-2-4-6-13)19-18(22-11)20-17(21)15-10-12-7-8-14(15)9-12/h2-6,12,14-15H,7-10H2,1H3,(H,19,20,21)/t12-,14-,15+/m1/s1. The Hall–Kier alpha value is -1.68. The van der Waals surface area contributed by atoms with Crippen LogP contribution in [0.15, 0.2) is 30.3 Å². The van der Waals surface area contributed by atoms with Gasteiger partial charge in [0.1, 0.15) is 0 Å². The second-order valence-electron chi connectivity index (χ2n) is 6.56. The molecule has 1 N–H and O–H groups in total. The quantitative estimate of drug-likeness (QED) is 0.907. The van der Waals surface area contributed by atoms with E-state index in [1.807, 2.05) is 18.2 Å². The lowest BCUT2D eigenvalue weighted by Crippen LogP contribution is -2.27. The van der Waals surface area contributed by atoms with Crippen LogP contribution in [0.5, 0.6) is 0 Å². The molecule has 2 bridgehead atoms. The number of amides is 1. The van der Waals surface area contributed by atoms with Crippen LogP contribution in [-0.2, 0) is 4.79 Å². The summed E-state index contributed by atoms with van der Waals surface area (Å²) >= 11 is 1.57. The zero-order chi connectivity index (χ0) is 15.1. The molecule has 2 saturated carbocycles. The van der Waals surface area contributed by atoms with Crippen LogP contribution in [0.4, 0.5) is 5.13 Å². The molecule has 0 unspecified atom stereocenters. The van der Waals surface area contributed by atoms with Crippen LogP contribution in [-0.4, -0.2) is 10.9 Å². The minimum Gasteiger partial charge on any atom is -0.302 e. The number of rotatable bonds is 3. The van der Waals surface area contributed by atoms with E-state index < -0.39 is 0 Å². The third kappa shape index (κ3) is 2.45. The van der Waals surface area contributed by atoms with Crippen LogP contribution in [0.1, 0.15) is 30.6 Å². The van der Waals surface area contributed by atoms with Gasteiger partial charge in [-0.1, -0.05) is 36.8 Å². The molecule has 2 fully saturated rings. The third-order valence-electron chi connectivity index (χ3n) is 5.15. The van der Waals surface area contributed by atoms with E-state index >= 15 is 0 Å². The maximum atomic E-state index is 12.5. The maximum absolute atomic E-state index is 12.5. The molecule has 1 aromatic heterocycles. The summed E-state index contributed by atoms with van der Waals surface area (Å²) in [4.78, 5) is 18.3. The predicted molar refractivity (Wildman–Crippen MR) is 89.9 cm³/mol. The van der Waals surface area contributed by atoms with Gasteiger partial charge in [-0.15, -0.1) is 11.3 Å². The Morgan fingerprint density at radius 1 is 1.23 bits per heavy atom. The van der Waals surface area contributed by atoms with Crippen molar-refractivity contribution < 1.29 is 4.79 Å². The summed E-state index contributed by atoms with van der Waals surface area (Å²) in [7, 11) is 0. The number of aromatic nitrogens is 1. The van der Waals surface area contributed by atoms with Gasteiger partial charge in [0.15, 0.2) is 5.13 Å². The second kappa shape index (κ2) is 5.51. The first-order valence-corrected chi connectivity index (χ1v) is 8.86. The van der Waals surface area contributed by atoms with Gasteiger partial charge in [0.25, 0.3) is 0 Å². The zero-order valence-electron chi connectivity index (χ0n) is 12.7. The number of anilines is 1. The van der Waals surface area contributed by atoms with Gasteiger partial charge in [0.2, 0.25) is 5.91 Å². The molecule has 1 heterocycles. The van der Waals surface area contributed by atoms with E-state index in [2.05, 4.69) is 29.4 Å². The fourth-order valence-electron chi connectivity index (χ4n) is 4.08. The molecule has 2 aliphatic carbocycles. The SMILES string of the molecule is Cc1sc(NC(=O)[C@H]2C[C@@H]3CC[C@@H]2C3)nc1-c1ccccc1. The van der Waals surface area contributed by atoms with Gasteiger partial charge in [-0.05, 0) is 38.0 Å². The lowest BCUT2D eigenvalue weighted by atomic mass is 9.88. The topological polar surface area (TPSA) is 42.0 Å². The van der Waals surface area contributed by atoms with E-state index in [0.29, 0.717) is 5.92 Å². The summed E-state index contributed by atoms with van der Waals surface area (Å²) in [5.41, 5.74) is 2.09. The smallest absolute Gasteiger partial charge is 0.229 e. The Morgan fingerprint density at radius 3 is 2.73 bits per heavy atom. The molecule has 2 aromatic rings. The van der Waals surface area contributed by atoms with Gasteiger partial charge >= 0.3 is 0 Å². The van der Waals surface area contributed by atoms with Crippen LogP contribution in [0.2, 0.25) is 0 Å². The number of thiazole rings is 1. The van der Waals surface area contributed by atoms with Crippen LogP contribution in [0, 0.1) is 24.7 Å². The lowest BCUT2D eigenvalue weighted by molar-refractivity contribution is -0.121. The molecule has 4 rings (SSSR count). The van der Waals surface area contributed by atoms with Crippen molar-refractivity contribution in [1.82, 2.24) is 4.98 Å².